The SMILES string of the molecule is Cc1ccc(C(=O)NC2CC2)cc1NC(=O)C(C)Oc1cccc(F)c1. The summed E-state index contributed by atoms with van der Waals surface area (Å²) in [5.41, 5.74) is 1.88. The number of benzene rings is 2. The van der Waals surface area contributed by atoms with Gasteiger partial charge < -0.3 is 15.4 Å². The lowest BCUT2D eigenvalue weighted by atomic mass is 10.1. The van der Waals surface area contributed by atoms with Crippen LogP contribution in [0.1, 0.15) is 35.7 Å². The van der Waals surface area contributed by atoms with Crippen molar-refractivity contribution < 1.29 is 18.7 Å². The summed E-state index contributed by atoms with van der Waals surface area (Å²) in [5.74, 6) is -0.675. The fraction of sp³-hybridized carbons (Fsp3) is 0.300. The lowest BCUT2D eigenvalue weighted by molar-refractivity contribution is -0.122. The van der Waals surface area contributed by atoms with Crippen LogP contribution >= 0.6 is 0 Å². The van der Waals surface area contributed by atoms with Crippen molar-refractivity contribution in [2.75, 3.05) is 5.32 Å². The first-order valence-electron chi connectivity index (χ1n) is 8.57. The molecule has 0 aromatic heterocycles. The second kappa shape index (κ2) is 7.56. The number of nitrogens with one attached hydrogen (secondary N) is 2. The molecule has 5 nitrogen and oxygen atoms in total. The van der Waals surface area contributed by atoms with Crippen LogP contribution in [-0.4, -0.2) is 24.0 Å². The van der Waals surface area contributed by atoms with Gasteiger partial charge in [0.05, 0.1) is 0 Å². The van der Waals surface area contributed by atoms with E-state index in [1.54, 1.807) is 31.2 Å². The molecule has 1 atom stereocenters. The molecule has 1 fully saturated rings. The van der Waals surface area contributed by atoms with Crippen LogP contribution < -0.4 is 15.4 Å². The maximum Gasteiger partial charge on any atom is 0.265 e. The van der Waals surface area contributed by atoms with Crippen LogP contribution in [-0.2, 0) is 4.79 Å². The molecule has 0 radical (unpaired) electrons. The van der Waals surface area contributed by atoms with Crippen molar-refractivity contribution in [2.24, 2.45) is 0 Å². The summed E-state index contributed by atoms with van der Waals surface area (Å²) in [6.45, 7) is 3.43. The van der Waals surface area contributed by atoms with Gasteiger partial charge in [-0.2, -0.15) is 0 Å². The molecular weight excluding hydrogens is 335 g/mol. The van der Waals surface area contributed by atoms with Gasteiger partial charge in [0.25, 0.3) is 11.8 Å². The number of halogens is 1. The first-order valence-corrected chi connectivity index (χ1v) is 8.57. The molecule has 1 aliphatic rings. The van der Waals surface area contributed by atoms with E-state index in [1.165, 1.54) is 18.2 Å². The van der Waals surface area contributed by atoms with Gasteiger partial charge in [-0.25, -0.2) is 4.39 Å². The van der Waals surface area contributed by atoms with Crippen molar-refractivity contribution in [1.82, 2.24) is 5.32 Å². The van der Waals surface area contributed by atoms with E-state index >= 15 is 0 Å². The Balaban J connectivity index is 1.66. The molecule has 2 N–H and O–H groups in total. The van der Waals surface area contributed by atoms with Gasteiger partial charge in [-0.1, -0.05) is 12.1 Å². The standard InChI is InChI=1S/C20H21FN2O3/c1-12-6-7-14(20(25)22-16-8-9-16)10-18(12)23-19(24)13(2)26-17-5-3-4-15(21)11-17/h3-7,10-11,13,16H,8-9H2,1-2H3,(H,22,25)(H,23,24). The minimum atomic E-state index is -0.819. The normalized spacial score (nSPS) is 14.4. The van der Waals surface area contributed by atoms with Crippen LogP contribution in [0.4, 0.5) is 10.1 Å². The van der Waals surface area contributed by atoms with Crippen LogP contribution in [0.2, 0.25) is 0 Å². The van der Waals surface area contributed by atoms with Crippen LogP contribution in [0, 0.1) is 12.7 Å². The highest BCUT2D eigenvalue weighted by atomic mass is 19.1. The average molecular weight is 356 g/mol. The number of carbonyl (C=O) groups excluding carboxylic acids is 2. The predicted molar refractivity (Wildman–Crippen MR) is 96.8 cm³/mol. The highest BCUT2D eigenvalue weighted by Gasteiger charge is 2.24. The second-order valence-corrected chi connectivity index (χ2v) is 6.48. The largest absolute Gasteiger partial charge is 0.481 e. The number of amides is 2. The molecule has 1 aliphatic carbocycles. The first kappa shape index (κ1) is 17.9. The van der Waals surface area contributed by atoms with Crippen molar-refractivity contribution in [1.29, 1.82) is 0 Å². The van der Waals surface area contributed by atoms with Crippen molar-refractivity contribution in [3.63, 3.8) is 0 Å². The Kier molecular flexibility index (Phi) is 5.21. The molecule has 26 heavy (non-hydrogen) atoms. The van der Waals surface area contributed by atoms with Gasteiger partial charge in [-0.3, -0.25) is 9.59 Å². The van der Waals surface area contributed by atoms with Gasteiger partial charge in [0, 0.05) is 23.4 Å². The van der Waals surface area contributed by atoms with E-state index in [0.717, 1.165) is 18.4 Å². The highest BCUT2D eigenvalue weighted by Crippen LogP contribution is 2.22. The Morgan fingerprint density at radius 2 is 1.96 bits per heavy atom. The topological polar surface area (TPSA) is 67.4 Å². The van der Waals surface area contributed by atoms with Gasteiger partial charge in [-0.05, 0) is 56.5 Å². The molecule has 6 heteroatoms. The molecule has 2 aromatic carbocycles. The second-order valence-electron chi connectivity index (χ2n) is 6.48. The van der Waals surface area contributed by atoms with Crippen LogP contribution in [0.25, 0.3) is 0 Å². The third kappa shape index (κ3) is 4.59. The maximum atomic E-state index is 13.2. The molecule has 0 saturated heterocycles. The van der Waals surface area contributed by atoms with Crippen molar-refractivity contribution in [2.45, 2.75) is 38.8 Å². The van der Waals surface area contributed by atoms with E-state index in [1.807, 2.05) is 6.92 Å². The Bertz CT molecular complexity index is 834. The number of anilines is 1. The molecule has 0 bridgehead atoms. The van der Waals surface area contributed by atoms with Crippen LogP contribution in [0.5, 0.6) is 5.75 Å². The molecule has 136 valence electrons. The molecule has 0 heterocycles. The summed E-state index contributed by atoms with van der Waals surface area (Å²) in [6, 6.07) is 11.1. The molecular formula is C20H21FN2O3. The minimum Gasteiger partial charge on any atom is -0.481 e. The van der Waals surface area contributed by atoms with Crippen molar-refractivity contribution in [3.8, 4) is 5.75 Å². The summed E-state index contributed by atoms with van der Waals surface area (Å²) in [7, 11) is 0. The van der Waals surface area contributed by atoms with Crippen molar-refractivity contribution >= 4 is 17.5 Å². The maximum absolute atomic E-state index is 13.2. The number of rotatable bonds is 6. The van der Waals surface area contributed by atoms with Gasteiger partial charge in [0.1, 0.15) is 11.6 Å². The van der Waals surface area contributed by atoms with Gasteiger partial charge in [-0.15, -0.1) is 0 Å². The fourth-order valence-corrected chi connectivity index (χ4v) is 2.43. The number of hydrogen-bond acceptors (Lipinski definition) is 3. The summed E-state index contributed by atoms with van der Waals surface area (Å²) in [5, 5.41) is 5.69. The van der Waals surface area contributed by atoms with Crippen LogP contribution in [0.15, 0.2) is 42.5 Å². The van der Waals surface area contributed by atoms with E-state index in [9.17, 15) is 14.0 Å². The summed E-state index contributed by atoms with van der Waals surface area (Å²) < 4.78 is 18.7. The number of carbonyl (C=O) groups is 2. The zero-order valence-electron chi connectivity index (χ0n) is 14.7. The highest BCUT2D eigenvalue weighted by molar-refractivity contribution is 5.99. The Labute approximate surface area is 151 Å². The fourth-order valence-electron chi connectivity index (χ4n) is 2.43. The molecule has 1 saturated carbocycles. The molecule has 2 aromatic rings. The lowest BCUT2D eigenvalue weighted by Gasteiger charge is -2.16. The monoisotopic (exact) mass is 356 g/mol. The predicted octanol–water partition coefficient (Wildman–Crippen LogP) is 3.43. The van der Waals surface area contributed by atoms with E-state index < -0.39 is 11.9 Å². The lowest BCUT2D eigenvalue weighted by Crippen LogP contribution is -2.30. The molecule has 3 rings (SSSR count). The van der Waals surface area contributed by atoms with Gasteiger partial charge in [0.15, 0.2) is 6.10 Å². The van der Waals surface area contributed by atoms with E-state index in [4.69, 9.17) is 4.74 Å². The number of ether oxygens (including phenoxy) is 1. The molecule has 0 aliphatic heterocycles. The quantitative estimate of drug-likeness (QED) is 0.833. The molecule has 1 unspecified atom stereocenters. The summed E-state index contributed by atoms with van der Waals surface area (Å²) in [6.07, 6.45) is 1.20. The third-order valence-corrected chi connectivity index (χ3v) is 4.15. The Morgan fingerprint density at radius 1 is 1.19 bits per heavy atom. The van der Waals surface area contributed by atoms with Crippen molar-refractivity contribution in [3.05, 3.63) is 59.4 Å². The van der Waals surface area contributed by atoms with E-state index in [0.29, 0.717) is 11.3 Å². The third-order valence-electron chi connectivity index (χ3n) is 4.15. The average Bonchev–Trinajstić information content (AvgIpc) is 3.40. The Morgan fingerprint density at radius 3 is 2.65 bits per heavy atom. The number of hydrogen-bond donors (Lipinski definition) is 2. The van der Waals surface area contributed by atoms with E-state index in [-0.39, 0.29) is 23.6 Å². The first-order chi connectivity index (χ1) is 12.4. The van der Waals surface area contributed by atoms with Gasteiger partial charge >= 0.3 is 0 Å². The van der Waals surface area contributed by atoms with E-state index in [2.05, 4.69) is 10.6 Å². The summed E-state index contributed by atoms with van der Waals surface area (Å²) in [4.78, 5) is 24.6. The Hall–Kier alpha value is -2.89. The minimum absolute atomic E-state index is 0.146. The smallest absolute Gasteiger partial charge is 0.265 e. The van der Waals surface area contributed by atoms with Gasteiger partial charge in [0.2, 0.25) is 0 Å². The zero-order valence-corrected chi connectivity index (χ0v) is 14.7. The number of aryl methyl sites for hydroxylation is 1. The molecule has 2 amide bonds. The summed E-state index contributed by atoms with van der Waals surface area (Å²) >= 11 is 0. The van der Waals surface area contributed by atoms with Crippen LogP contribution in [0.3, 0.4) is 0 Å². The zero-order chi connectivity index (χ0) is 18.7. The molecule has 0 spiro atoms.